The van der Waals surface area contributed by atoms with E-state index in [9.17, 15) is 9.59 Å². The van der Waals surface area contributed by atoms with Crippen LogP contribution in [0.15, 0.2) is 41.6 Å². The van der Waals surface area contributed by atoms with Crippen LogP contribution < -0.4 is 0 Å². The molecule has 0 aromatic heterocycles. The Balaban J connectivity index is 1.43. The van der Waals surface area contributed by atoms with Gasteiger partial charge in [0.15, 0.2) is 0 Å². The maximum absolute atomic E-state index is 13.1. The van der Waals surface area contributed by atoms with Gasteiger partial charge < -0.3 is 4.84 Å². The molecule has 4 aliphatic rings. The molecule has 5 rings (SSSR count). The van der Waals surface area contributed by atoms with Crippen LogP contribution in [0.1, 0.15) is 32.8 Å². The number of carbonyl (C=O) groups excluding carboxylic acids is 2. The molecule has 5 heteroatoms. The molecule has 2 amide bonds. The van der Waals surface area contributed by atoms with Crippen LogP contribution in [0.4, 0.5) is 0 Å². The third-order valence-corrected chi connectivity index (χ3v) is 6.64. The number of rotatable bonds is 2. The van der Waals surface area contributed by atoms with Crippen molar-refractivity contribution in [1.29, 1.82) is 0 Å². The molecule has 0 N–H and O–H groups in total. The number of amides is 2. The van der Waals surface area contributed by atoms with Crippen molar-refractivity contribution >= 4 is 23.6 Å². The molecular weight excluding hydrogens is 340 g/mol. The summed E-state index contributed by atoms with van der Waals surface area (Å²) in [6.07, 6.45) is 4.87. The molecule has 0 spiro atoms. The zero-order chi connectivity index (χ0) is 18.9. The number of benzene rings is 1. The molecule has 1 aromatic carbocycles. The molecule has 0 radical (unpaired) electrons. The molecule has 140 valence electrons. The standard InChI is InChI=1S/C22H24N2O3/c1-22(2,3)24-20(25)17-13-11-14(18(17)21(24)26)19-16(13)15(23-27-19)10-9-12-7-5-4-6-8-12/h4-10,13-14,16-19H,11H2,1-3H3/b10-9+/t13-,14-,16-,17-,18+,19-/m1/s1. The van der Waals surface area contributed by atoms with Gasteiger partial charge in [0.1, 0.15) is 6.10 Å². The quantitative estimate of drug-likeness (QED) is 0.758. The Labute approximate surface area is 159 Å². The Bertz CT molecular complexity index is 867. The maximum Gasteiger partial charge on any atom is 0.234 e. The Kier molecular flexibility index (Phi) is 3.43. The lowest BCUT2D eigenvalue weighted by Crippen LogP contribution is -2.46. The Morgan fingerprint density at radius 2 is 1.67 bits per heavy atom. The predicted molar refractivity (Wildman–Crippen MR) is 101 cm³/mol. The first-order valence-electron chi connectivity index (χ1n) is 9.72. The average molecular weight is 364 g/mol. The van der Waals surface area contributed by atoms with Gasteiger partial charge in [0, 0.05) is 17.4 Å². The fourth-order valence-corrected chi connectivity index (χ4v) is 5.70. The molecule has 6 atom stereocenters. The van der Waals surface area contributed by atoms with Crippen molar-refractivity contribution in [3.05, 3.63) is 42.0 Å². The second kappa shape index (κ2) is 5.54. The molecule has 1 saturated heterocycles. The number of hydrogen-bond acceptors (Lipinski definition) is 4. The minimum absolute atomic E-state index is 0.00161. The van der Waals surface area contributed by atoms with E-state index in [1.807, 2.05) is 63.3 Å². The molecule has 2 heterocycles. The van der Waals surface area contributed by atoms with Gasteiger partial charge in [-0.15, -0.1) is 0 Å². The fraction of sp³-hybridized carbons (Fsp3) is 0.500. The summed E-state index contributed by atoms with van der Waals surface area (Å²) in [5.74, 6) is -0.0822. The van der Waals surface area contributed by atoms with E-state index < -0.39 is 5.54 Å². The van der Waals surface area contributed by atoms with Crippen molar-refractivity contribution in [2.75, 3.05) is 0 Å². The van der Waals surface area contributed by atoms with Gasteiger partial charge in [-0.3, -0.25) is 14.5 Å². The highest BCUT2D eigenvalue weighted by atomic mass is 16.6. The number of fused-ring (bicyclic) bond motifs is 8. The number of hydrogen-bond donors (Lipinski definition) is 0. The van der Waals surface area contributed by atoms with Crippen molar-refractivity contribution in [3.8, 4) is 0 Å². The van der Waals surface area contributed by atoms with Crippen LogP contribution >= 0.6 is 0 Å². The molecule has 2 bridgehead atoms. The summed E-state index contributed by atoms with van der Waals surface area (Å²) >= 11 is 0. The van der Waals surface area contributed by atoms with Gasteiger partial charge in [-0.1, -0.05) is 41.6 Å². The summed E-state index contributed by atoms with van der Waals surface area (Å²) < 4.78 is 0. The monoisotopic (exact) mass is 364 g/mol. The first-order chi connectivity index (χ1) is 12.9. The zero-order valence-electron chi connectivity index (χ0n) is 15.8. The number of imide groups is 1. The van der Waals surface area contributed by atoms with Crippen LogP contribution in [0.3, 0.4) is 0 Å². The molecule has 3 fully saturated rings. The second-order valence-corrected chi connectivity index (χ2v) is 9.15. The zero-order valence-corrected chi connectivity index (χ0v) is 15.8. The lowest BCUT2D eigenvalue weighted by atomic mass is 9.72. The van der Waals surface area contributed by atoms with Gasteiger partial charge in [0.05, 0.1) is 17.5 Å². The first-order valence-corrected chi connectivity index (χ1v) is 9.72. The van der Waals surface area contributed by atoms with Crippen LogP contribution in [0.2, 0.25) is 0 Å². The normalized spacial score (nSPS) is 37.0. The van der Waals surface area contributed by atoms with Crippen LogP contribution in [-0.2, 0) is 14.4 Å². The van der Waals surface area contributed by atoms with Gasteiger partial charge in [0.25, 0.3) is 0 Å². The largest absolute Gasteiger partial charge is 0.391 e. The summed E-state index contributed by atoms with van der Waals surface area (Å²) in [6, 6.07) is 10.1. The lowest BCUT2D eigenvalue weighted by Gasteiger charge is -2.31. The van der Waals surface area contributed by atoms with E-state index in [-0.39, 0.29) is 47.5 Å². The van der Waals surface area contributed by atoms with Gasteiger partial charge in [-0.2, -0.15) is 0 Å². The average Bonchev–Trinajstić information content (AvgIpc) is 3.33. The Morgan fingerprint density at radius 1 is 1.00 bits per heavy atom. The van der Waals surface area contributed by atoms with Crippen LogP contribution in [0, 0.1) is 29.6 Å². The number of carbonyl (C=O) groups is 2. The summed E-state index contributed by atoms with van der Waals surface area (Å²) in [7, 11) is 0. The van der Waals surface area contributed by atoms with Crippen molar-refractivity contribution in [3.63, 3.8) is 0 Å². The summed E-state index contributed by atoms with van der Waals surface area (Å²) in [5, 5.41) is 4.31. The fourth-order valence-electron chi connectivity index (χ4n) is 5.70. The van der Waals surface area contributed by atoms with Crippen LogP contribution in [0.5, 0.6) is 0 Å². The third-order valence-electron chi connectivity index (χ3n) is 6.64. The molecule has 27 heavy (non-hydrogen) atoms. The SMILES string of the molecule is CC(C)(C)N1C(=O)[C@@H]2[C@@H]3C[C@@H]([C@H]4ON=C(/C=C/c5ccccc5)[C@@H]34)[C@@H]2C1=O. The van der Waals surface area contributed by atoms with Crippen LogP contribution in [0.25, 0.3) is 6.08 Å². The number of nitrogens with zero attached hydrogens (tertiary/aromatic N) is 2. The van der Waals surface area contributed by atoms with E-state index in [1.54, 1.807) is 0 Å². The van der Waals surface area contributed by atoms with Gasteiger partial charge >= 0.3 is 0 Å². The highest BCUT2D eigenvalue weighted by molar-refractivity contribution is 6.08. The van der Waals surface area contributed by atoms with Crippen LogP contribution in [-0.4, -0.2) is 34.1 Å². The number of allylic oxidation sites excluding steroid dienone is 1. The molecule has 2 saturated carbocycles. The van der Waals surface area contributed by atoms with E-state index in [0.717, 1.165) is 17.7 Å². The molecule has 2 aliphatic carbocycles. The predicted octanol–water partition coefficient (Wildman–Crippen LogP) is 3.12. The highest BCUT2D eigenvalue weighted by Gasteiger charge is 2.70. The topological polar surface area (TPSA) is 59.0 Å². The molecule has 0 unspecified atom stereocenters. The molecule has 1 aromatic rings. The van der Waals surface area contributed by atoms with Gasteiger partial charge in [-0.25, -0.2) is 0 Å². The molecular formula is C22H24N2O3. The lowest BCUT2D eigenvalue weighted by molar-refractivity contribution is -0.146. The highest BCUT2D eigenvalue weighted by Crippen LogP contribution is 2.61. The first kappa shape index (κ1) is 16.7. The van der Waals surface area contributed by atoms with Gasteiger partial charge in [0.2, 0.25) is 11.8 Å². The van der Waals surface area contributed by atoms with E-state index >= 15 is 0 Å². The minimum Gasteiger partial charge on any atom is -0.391 e. The third kappa shape index (κ3) is 2.27. The molecule has 5 nitrogen and oxygen atoms in total. The summed E-state index contributed by atoms with van der Waals surface area (Å²) in [6.45, 7) is 5.79. The second-order valence-electron chi connectivity index (χ2n) is 9.15. The number of oxime groups is 1. The summed E-state index contributed by atoms with van der Waals surface area (Å²) in [5.41, 5.74) is 1.54. The van der Waals surface area contributed by atoms with Crippen molar-refractivity contribution < 1.29 is 14.4 Å². The Hall–Kier alpha value is -2.43. The van der Waals surface area contributed by atoms with E-state index in [2.05, 4.69) is 5.16 Å². The summed E-state index contributed by atoms with van der Waals surface area (Å²) in [4.78, 5) is 33.4. The van der Waals surface area contributed by atoms with E-state index in [4.69, 9.17) is 4.84 Å². The van der Waals surface area contributed by atoms with Crippen molar-refractivity contribution in [2.45, 2.75) is 38.8 Å². The van der Waals surface area contributed by atoms with Crippen molar-refractivity contribution in [1.82, 2.24) is 4.90 Å². The smallest absolute Gasteiger partial charge is 0.234 e. The molecule has 2 aliphatic heterocycles. The van der Waals surface area contributed by atoms with E-state index in [1.165, 1.54) is 4.90 Å². The maximum atomic E-state index is 13.1. The van der Waals surface area contributed by atoms with Gasteiger partial charge in [-0.05, 0) is 44.7 Å². The number of likely N-dealkylation sites (tertiary alicyclic amines) is 1. The minimum atomic E-state index is -0.474. The van der Waals surface area contributed by atoms with E-state index in [0.29, 0.717) is 0 Å². The Morgan fingerprint density at radius 3 is 2.33 bits per heavy atom. The van der Waals surface area contributed by atoms with Crippen molar-refractivity contribution in [2.24, 2.45) is 34.7 Å².